The third-order valence-electron chi connectivity index (χ3n) is 2.05. The fraction of sp³-hybridized carbons (Fsp3) is 0.111. The molecule has 1 heterocycles. The van der Waals surface area contributed by atoms with Crippen molar-refractivity contribution < 1.29 is 13.2 Å². The molecule has 0 bridgehead atoms. The van der Waals surface area contributed by atoms with Gasteiger partial charge >= 0.3 is 6.18 Å². The van der Waals surface area contributed by atoms with Crippen LogP contribution in [-0.2, 0) is 6.18 Å². The molecule has 17 heavy (non-hydrogen) atoms. The quantitative estimate of drug-likeness (QED) is 0.780. The molecule has 0 saturated carbocycles. The van der Waals surface area contributed by atoms with Crippen LogP contribution in [0.4, 0.5) is 13.2 Å². The second-order valence-electron chi connectivity index (χ2n) is 3.21. The van der Waals surface area contributed by atoms with Gasteiger partial charge in [-0.3, -0.25) is 10.2 Å². The van der Waals surface area contributed by atoms with Gasteiger partial charge in [-0.1, -0.05) is 11.6 Å². The van der Waals surface area contributed by atoms with E-state index in [-0.39, 0.29) is 21.2 Å². The van der Waals surface area contributed by atoms with Gasteiger partial charge in [-0.2, -0.15) is 18.2 Å². The maximum Gasteiger partial charge on any atom is 0.416 e. The highest BCUT2D eigenvalue weighted by Gasteiger charge is 2.31. The minimum atomic E-state index is -4.42. The van der Waals surface area contributed by atoms with Crippen LogP contribution in [0.25, 0.3) is 11.4 Å². The Balaban J connectivity index is 2.58. The van der Waals surface area contributed by atoms with Gasteiger partial charge in [-0.25, -0.2) is 0 Å². The molecule has 0 fully saturated rings. The van der Waals surface area contributed by atoms with E-state index in [0.29, 0.717) is 0 Å². The van der Waals surface area contributed by atoms with E-state index in [2.05, 4.69) is 15.2 Å². The Morgan fingerprint density at radius 3 is 2.47 bits per heavy atom. The minimum Gasteiger partial charge on any atom is -0.282 e. The minimum absolute atomic E-state index is 0.147. The normalized spacial score (nSPS) is 11.8. The molecule has 3 nitrogen and oxygen atoms in total. The smallest absolute Gasteiger partial charge is 0.282 e. The highest BCUT2D eigenvalue weighted by atomic mass is 35.5. The molecule has 1 aromatic carbocycles. The summed E-state index contributed by atoms with van der Waals surface area (Å²) >= 11 is 10.5. The number of hydrogen-bond donors (Lipinski definition) is 2. The number of rotatable bonds is 1. The first-order chi connectivity index (χ1) is 7.88. The van der Waals surface area contributed by atoms with Gasteiger partial charge in [-0.15, -0.1) is 0 Å². The van der Waals surface area contributed by atoms with Gasteiger partial charge in [0.15, 0.2) is 5.82 Å². The summed E-state index contributed by atoms with van der Waals surface area (Å²) < 4.78 is 37.7. The zero-order valence-electron chi connectivity index (χ0n) is 8.10. The van der Waals surface area contributed by atoms with Gasteiger partial charge in [0.25, 0.3) is 0 Å². The summed E-state index contributed by atoms with van der Waals surface area (Å²) in [6, 6.07) is 3.00. The first-order valence-corrected chi connectivity index (χ1v) is 5.18. The Labute approximate surface area is 104 Å². The molecule has 0 radical (unpaired) electrons. The topological polar surface area (TPSA) is 44.5 Å². The number of aromatic nitrogens is 3. The van der Waals surface area contributed by atoms with Crippen molar-refractivity contribution in [3.63, 3.8) is 0 Å². The Kier molecular flexibility index (Phi) is 2.96. The SMILES string of the molecule is FC(F)(F)c1ccc(Cl)c(-c2nc(=S)[nH][nH]2)c1. The Hall–Kier alpha value is -1.34. The second kappa shape index (κ2) is 4.15. The van der Waals surface area contributed by atoms with Crippen molar-refractivity contribution in [1.82, 2.24) is 15.2 Å². The lowest BCUT2D eigenvalue weighted by Gasteiger charge is -2.08. The largest absolute Gasteiger partial charge is 0.416 e. The molecule has 0 amide bonds. The van der Waals surface area contributed by atoms with E-state index >= 15 is 0 Å². The number of halogens is 4. The lowest BCUT2D eigenvalue weighted by atomic mass is 10.1. The summed E-state index contributed by atoms with van der Waals surface area (Å²) in [6.07, 6.45) is -4.42. The van der Waals surface area contributed by atoms with E-state index in [0.717, 1.165) is 12.1 Å². The number of benzene rings is 1. The van der Waals surface area contributed by atoms with Crippen LogP contribution >= 0.6 is 23.8 Å². The van der Waals surface area contributed by atoms with E-state index in [9.17, 15) is 13.2 Å². The number of alkyl halides is 3. The van der Waals surface area contributed by atoms with Crippen molar-refractivity contribution in [3.05, 3.63) is 33.6 Å². The summed E-state index contributed by atoms with van der Waals surface area (Å²) in [7, 11) is 0. The van der Waals surface area contributed by atoms with Crippen LogP contribution in [0.1, 0.15) is 5.56 Å². The van der Waals surface area contributed by atoms with Gasteiger partial charge in [-0.05, 0) is 30.4 Å². The first-order valence-electron chi connectivity index (χ1n) is 4.40. The lowest BCUT2D eigenvalue weighted by molar-refractivity contribution is -0.137. The average Bonchev–Trinajstić information content (AvgIpc) is 2.63. The van der Waals surface area contributed by atoms with Crippen molar-refractivity contribution in [1.29, 1.82) is 0 Å². The van der Waals surface area contributed by atoms with E-state index in [4.69, 9.17) is 23.8 Å². The molecule has 0 unspecified atom stereocenters. The molecule has 90 valence electrons. The van der Waals surface area contributed by atoms with Crippen LogP contribution in [0.3, 0.4) is 0 Å². The molecular formula is C9H5ClF3N3S. The fourth-order valence-electron chi connectivity index (χ4n) is 1.28. The van der Waals surface area contributed by atoms with Gasteiger partial charge in [0.2, 0.25) is 4.77 Å². The van der Waals surface area contributed by atoms with Gasteiger partial charge < -0.3 is 0 Å². The van der Waals surface area contributed by atoms with Crippen molar-refractivity contribution in [2.45, 2.75) is 6.18 Å². The standard InChI is InChI=1S/C9H5ClF3N3S/c10-6-2-1-4(9(11,12)13)3-5(6)7-14-8(17)16-15-7/h1-3H,(H2,14,15,16,17). The molecule has 8 heteroatoms. The zero-order chi connectivity index (χ0) is 12.6. The molecule has 0 aliphatic rings. The fourth-order valence-corrected chi connectivity index (χ4v) is 1.63. The number of H-pyrrole nitrogens is 2. The summed E-state index contributed by atoms with van der Waals surface area (Å²) in [4.78, 5) is 3.82. The molecule has 0 aliphatic heterocycles. The van der Waals surface area contributed by atoms with E-state index in [1.807, 2.05) is 0 Å². The van der Waals surface area contributed by atoms with Crippen molar-refractivity contribution in [2.75, 3.05) is 0 Å². The second-order valence-corrected chi connectivity index (χ2v) is 4.00. The van der Waals surface area contributed by atoms with Crippen molar-refractivity contribution in [3.8, 4) is 11.4 Å². The maximum atomic E-state index is 12.5. The highest BCUT2D eigenvalue weighted by molar-refractivity contribution is 7.71. The Bertz CT molecular complexity index is 602. The number of aromatic amines is 2. The van der Waals surface area contributed by atoms with E-state index in [1.54, 1.807) is 0 Å². The number of hydrogen-bond acceptors (Lipinski definition) is 2. The molecule has 1 aromatic heterocycles. The summed E-state index contributed by atoms with van der Waals surface area (Å²) in [5, 5.41) is 5.20. The van der Waals surface area contributed by atoms with Crippen LogP contribution in [0.15, 0.2) is 18.2 Å². The number of nitrogens with zero attached hydrogens (tertiary/aromatic N) is 1. The van der Waals surface area contributed by atoms with E-state index < -0.39 is 11.7 Å². The molecule has 0 saturated heterocycles. The molecule has 0 spiro atoms. The molecule has 2 N–H and O–H groups in total. The Morgan fingerprint density at radius 2 is 1.94 bits per heavy atom. The summed E-state index contributed by atoms with van der Waals surface area (Å²) in [6.45, 7) is 0. The van der Waals surface area contributed by atoms with Crippen LogP contribution in [0, 0.1) is 4.77 Å². The highest BCUT2D eigenvalue weighted by Crippen LogP contribution is 2.34. The predicted octanol–water partition coefficient (Wildman–Crippen LogP) is 3.81. The lowest BCUT2D eigenvalue weighted by Crippen LogP contribution is -2.04. The zero-order valence-corrected chi connectivity index (χ0v) is 9.67. The molecule has 2 rings (SSSR count). The summed E-state index contributed by atoms with van der Waals surface area (Å²) in [5.74, 6) is 0.172. The third kappa shape index (κ3) is 2.50. The average molecular weight is 280 g/mol. The number of nitrogens with one attached hydrogen (secondary N) is 2. The molecule has 0 aliphatic carbocycles. The van der Waals surface area contributed by atoms with E-state index in [1.165, 1.54) is 6.07 Å². The monoisotopic (exact) mass is 279 g/mol. The Morgan fingerprint density at radius 1 is 1.24 bits per heavy atom. The van der Waals surface area contributed by atoms with Crippen molar-refractivity contribution >= 4 is 23.8 Å². The van der Waals surface area contributed by atoms with Crippen LogP contribution < -0.4 is 0 Å². The predicted molar refractivity (Wildman–Crippen MR) is 59.2 cm³/mol. The van der Waals surface area contributed by atoms with Gasteiger partial charge in [0.1, 0.15) is 0 Å². The van der Waals surface area contributed by atoms with Crippen LogP contribution in [0.5, 0.6) is 0 Å². The van der Waals surface area contributed by atoms with Crippen LogP contribution in [-0.4, -0.2) is 15.2 Å². The van der Waals surface area contributed by atoms with Gasteiger partial charge in [0.05, 0.1) is 10.6 Å². The molecule has 0 atom stereocenters. The third-order valence-corrected chi connectivity index (χ3v) is 2.57. The van der Waals surface area contributed by atoms with Crippen molar-refractivity contribution in [2.24, 2.45) is 0 Å². The first kappa shape index (κ1) is 12.1. The van der Waals surface area contributed by atoms with Crippen LogP contribution in [0.2, 0.25) is 5.02 Å². The summed E-state index contributed by atoms with van der Waals surface area (Å²) in [5.41, 5.74) is -0.645. The maximum absolute atomic E-state index is 12.5. The molecule has 2 aromatic rings. The molecular weight excluding hydrogens is 275 g/mol. The van der Waals surface area contributed by atoms with Gasteiger partial charge in [0, 0.05) is 5.56 Å².